The maximum Gasteiger partial charge on any atom is 0.255 e. The number of nitrogens with one attached hydrogen (secondary N) is 2. The summed E-state index contributed by atoms with van der Waals surface area (Å²) in [5.41, 5.74) is 3.98. The molecule has 0 spiro atoms. The average molecular weight is 469 g/mol. The normalized spacial score (nSPS) is 12.9. The van der Waals surface area contributed by atoms with Gasteiger partial charge in [0, 0.05) is 48.4 Å². The number of aliphatic hydroxyl groups excluding tert-OH is 1. The van der Waals surface area contributed by atoms with Gasteiger partial charge in [-0.3, -0.25) is 9.36 Å². The van der Waals surface area contributed by atoms with Crippen molar-refractivity contribution in [2.45, 2.75) is 26.0 Å². The van der Waals surface area contributed by atoms with Gasteiger partial charge in [-0.1, -0.05) is 18.2 Å². The summed E-state index contributed by atoms with van der Waals surface area (Å²) in [6.07, 6.45) is 5.25. The number of rotatable bonds is 8. The number of imidazole rings is 1. The first kappa shape index (κ1) is 22.4. The van der Waals surface area contributed by atoms with Gasteiger partial charge in [0.25, 0.3) is 5.91 Å². The molecule has 3 N–H and O–H groups in total. The Hall–Kier alpha value is -4.44. The molecule has 2 aromatic heterocycles. The van der Waals surface area contributed by atoms with Crippen molar-refractivity contribution < 1.29 is 9.90 Å². The van der Waals surface area contributed by atoms with Crippen LogP contribution >= 0.6 is 0 Å². The molecule has 0 saturated carbocycles. The molecule has 2 aromatic carbocycles. The molecule has 5 rings (SSSR count). The molecule has 10 heteroatoms. The zero-order chi connectivity index (χ0) is 24.2. The summed E-state index contributed by atoms with van der Waals surface area (Å²) in [4.78, 5) is 26.0. The maximum atomic E-state index is 12.8. The second-order valence-corrected chi connectivity index (χ2v) is 8.26. The van der Waals surface area contributed by atoms with E-state index in [0.717, 1.165) is 22.6 Å². The van der Waals surface area contributed by atoms with Crippen molar-refractivity contribution in [1.29, 1.82) is 0 Å². The Morgan fingerprint density at radius 2 is 2.06 bits per heavy atom. The van der Waals surface area contributed by atoms with E-state index >= 15 is 0 Å². The highest BCUT2D eigenvalue weighted by atomic mass is 16.3. The van der Waals surface area contributed by atoms with E-state index in [1.54, 1.807) is 37.5 Å². The van der Waals surface area contributed by atoms with Crippen molar-refractivity contribution in [1.82, 2.24) is 19.5 Å². The lowest BCUT2D eigenvalue weighted by Gasteiger charge is -2.11. The van der Waals surface area contributed by atoms with Crippen molar-refractivity contribution in [2.24, 2.45) is 10.2 Å². The largest absolute Gasteiger partial charge is 0.392 e. The number of benzene rings is 2. The fourth-order valence-electron chi connectivity index (χ4n) is 3.75. The first-order chi connectivity index (χ1) is 17.0. The van der Waals surface area contributed by atoms with Crippen LogP contribution in [0.4, 0.5) is 17.3 Å². The van der Waals surface area contributed by atoms with E-state index in [9.17, 15) is 9.90 Å². The Kier molecular flexibility index (Phi) is 6.27. The standard InChI is InChI=1S/C25H24N8O2/c1-16(34)14-28-25-27-8-7-22(31-25)33-10-9-26-23(33)12-17-3-2-4-20(11-17)30-24(35)18-5-6-19-15-29-32-21(19)13-18/h2-11,13,16,34H,12,14-15H2,1H3,(H,30,35)(H,27,28,31)/t16-/m0/s1. The smallest absolute Gasteiger partial charge is 0.255 e. The van der Waals surface area contributed by atoms with Gasteiger partial charge in [-0.05, 0) is 42.8 Å². The van der Waals surface area contributed by atoms with Gasteiger partial charge in [0.05, 0.1) is 18.3 Å². The summed E-state index contributed by atoms with van der Waals surface area (Å²) in [5.74, 6) is 1.68. The molecule has 3 heterocycles. The highest BCUT2D eigenvalue weighted by Crippen LogP contribution is 2.28. The third-order valence-corrected chi connectivity index (χ3v) is 5.47. The van der Waals surface area contributed by atoms with Crippen LogP contribution in [0.2, 0.25) is 0 Å². The highest BCUT2D eigenvalue weighted by molar-refractivity contribution is 6.04. The molecule has 176 valence electrons. The molecular formula is C25H24N8O2. The first-order valence-electron chi connectivity index (χ1n) is 11.2. The van der Waals surface area contributed by atoms with Crippen molar-refractivity contribution in [3.05, 3.63) is 89.6 Å². The lowest BCUT2D eigenvalue weighted by Crippen LogP contribution is -2.17. The number of carbonyl (C=O) groups is 1. The van der Waals surface area contributed by atoms with Crippen molar-refractivity contribution >= 4 is 23.2 Å². The number of fused-ring (bicyclic) bond motifs is 1. The van der Waals surface area contributed by atoms with Gasteiger partial charge in [-0.25, -0.2) is 9.97 Å². The number of aromatic nitrogens is 4. The van der Waals surface area contributed by atoms with Crippen LogP contribution in [-0.2, 0) is 13.0 Å². The fourth-order valence-corrected chi connectivity index (χ4v) is 3.75. The Balaban J connectivity index is 1.30. The zero-order valence-corrected chi connectivity index (χ0v) is 19.1. The van der Waals surface area contributed by atoms with Gasteiger partial charge in [-0.2, -0.15) is 15.2 Å². The monoisotopic (exact) mass is 468 g/mol. The molecular weight excluding hydrogens is 444 g/mol. The SMILES string of the molecule is C[C@H](O)CNc1nccc(-n2ccnc2Cc2cccc(NC(=O)c3ccc4c(c3)N=NC4)c2)n1. The quantitative estimate of drug-likeness (QED) is 0.360. The van der Waals surface area contributed by atoms with Crippen LogP contribution in [0.1, 0.15) is 34.2 Å². The van der Waals surface area contributed by atoms with Gasteiger partial charge in [0.1, 0.15) is 11.6 Å². The highest BCUT2D eigenvalue weighted by Gasteiger charge is 2.14. The van der Waals surface area contributed by atoms with Crippen LogP contribution in [0.3, 0.4) is 0 Å². The minimum atomic E-state index is -0.507. The number of carbonyl (C=O) groups excluding carboxylic acids is 1. The molecule has 1 aliphatic heterocycles. The minimum Gasteiger partial charge on any atom is -0.392 e. The summed E-state index contributed by atoms with van der Waals surface area (Å²) in [6.45, 7) is 2.61. The molecule has 0 bridgehead atoms. The molecule has 0 unspecified atom stereocenters. The number of azo groups is 1. The summed E-state index contributed by atoms with van der Waals surface area (Å²) < 4.78 is 1.89. The van der Waals surface area contributed by atoms with Gasteiger partial charge in [0.15, 0.2) is 0 Å². The molecule has 0 aliphatic carbocycles. The Labute approximate surface area is 201 Å². The lowest BCUT2D eigenvalue weighted by molar-refractivity contribution is 0.102. The maximum absolute atomic E-state index is 12.8. The van der Waals surface area contributed by atoms with Crippen molar-refractivity contribution in [3.63, 3.8) is 0 Å². The summed E-state index contributed by atoms with van der Waals surface area (Å²) >= 11 is 0. The van der Waals surface area contributed by atoms with E-state index < -0.39 is 6.10 Å². The zero-order valence-electron chi connectivity index (χ0n) is 19.1. The van der Waals surface area contributed by atoms with Crippen LogP contribution in [0.5, 0.6) is 0 Å². The number of hydrogen-bond acceptors (Lipinski definition) is 8. The number of amides is 1. The molecule has 0 radical (unpaired) electrons. The average Bonchev–Trinajstić information content (AvgIpc) is 3.52. The third-order valence-electron chi connectivity index (χ3n) is 5.47. The Morgan fingerprint density at radius 3 is 2.94 bits per heavy atom. The summed E-state index contributed by atoms with van der Waals surface area (Å²) in [7, 11) is 0. The van der Waals surface area contributed by atoms with Crippen LogP contribution in [0.15, 0.2) is 77.3 Å². The van der Waals surface area contributed by atoms with Crippen LogP contribution in [-0.4, -0.2) is 43.2 Å². The molecule has 0 saturated heterocycles. The lowest BCUT2D eigenvalue weighted by atomic mass is 10.1. The fraction of sp³-hybridized carbons (Fsp3) is 0.200. The second kappa shape index (κ2) is 9.82. The second-order valence-electron chi connectivity index (χ2n) is 8.26. The van der Waals surface area contributed by atoms with E-state index in [2.05, 4.69) is 35.8 Å². The minimum absolute atomic E-state index is 0.202. The van der Waals surface area contributed by atoms with Gasteiger partial charge >= 0.3 is 0 Å². The molecule has 35 heavy (non-hydrogen) atoms. The van der Waals surface area contributed by atoms with Gasteiger partial charge < -0.3 is 15.7 Å². The first-order valence-corrected chi connectivity index (χ1v) is 11.2. The van der Waals surface area contributed by atoms with E-state index in [1.807, 2.05) is 41.1 Å². The Bertz CT molecular complexity index is 1400. The van der Waals surface area contributed by atoms with Crippen LogP contribution in [0, 0.1) is 0 Å². The predicted octanol–water partition coefficient (Wildman–Crippen LogP) is 3.90. The van der Waals surface area contributed by atoms with E-state index in [1.165, 1.54) is 0 Å². The van der Waals surface area contributed by atoms with E-state index in [4.69, 9.17) is 0 Å². The predicted molar refractivity (Wildman–Crippen MR) is 131 cm³/mol. The molecule has 4 aromatic rings. The summed E-state index contributed by atoms with van der Waals surface area (Å²) in [5, 5.41) is 23.5. The van der Waals surface area contributed by atoms with E-state index in [0.29, 0.717) is 42.5 Å². The summed E-state index contributed by atoms with van der Waals surface area (Å²) in [6, 6.07) is 14.9. The van der Waals surface area contributed by atoms with Gasteiger partial charge in [0.2, 0.25) is 5.95 Å². The van der Waals surface area contributed by atoms with Crippen molar-refractivity contribution in [2.75, 3.05) is 17.2 Å². The third kappa shape index (κ3) is 5.22. The Morgan fingerprint density at radius 1 is 1.14 bits per heavy atom. The molecule has 0 fully saturated rings. The molecule has 1 amide bonds. The number of aliphatic hydroxyl groups is 1. The molecule has 1 atom stereocenters. The molecule has 1 aliphatic rings. The molecule has 10 nitrogen and oxygen atoms in total. The number of hydrogen-bond donors (Lipinski definition) is 3. The van der Waals surface area contributed by atoms with Gasteiger partial charge in [-0.15, -0.1) is 0 Å². The van der Waals surface area contributed by atoms with E-state index in [-0.39, 0.29) is 5.91 Å². The topological polar surface area (TPSA) is 130 Å². The van der Waals surface area contributed by atoms with Crippen LogP contribution in [0.25, 0.3) is 5.82 Å². The van der Waals surface area contributed by atoms with Crippen LogP contribution < -0.4 is 10.6 Å². The van der Waals surface area contributed by atoms with Crippen molar-refractivity contribution in [3.8, 4) is 5.82 Å². The number of nitrogens with zero attached hydrogens (tertiary/aromatic N) is 6. The number of anilines is 2.